The lowest BCUT2D eigenvalue weighted by Crippen LogP contribution is -2.15. The lowest BCUT2D eigenvalue weighted by molar-refractivity contribution is 0.102. The largest absolute Gasteiger partial charge is 0.497 e. The highest BCUT2D eigenvalue weighted by Gasteiger charge is 2.19. The maximum atomic E-state index is 12.6. The number of amides is 1. The Balaban J connectivity index is 1.80. The fourth-order valence-corrected chi connectivity index (χ4v) is 2.65. The summed E-state index contributed by atoms with van der Waals surface area (Å²) in [6, 6.07) is 12.3. The Morgan fingerprint density at radius 2 is 1.85 bits per heavy atom. The minimum atomic E-state index is -0.492. The first kappa shape index (κ1) is 18.5. The molecule has 3 rings (SSSR count). The van der Waals surface area contributed by atoms with Crippen LogP contribution in [-0.2, 0) is 6.54 Å². The zero-order valence-corrected chi connectivity index (χ0v) is 15.5. The van der Waals surface area contributed by atoms with Crippen LogP contribution in [0.3, 0.4) is 0 Å². The maximum Gasteiger partial charge on any atom is 0.280 e. The summed E-state index contributed by atoms with van der Waals surface area (Å²) in [5.41, 5.74) is 7.37. The van der Waals surface area contributed by atoms with E-state index in [2.05, 4.69) is 15.6 Å². The van der Waals surface area contributed by atoms with Crippen molar-refractivity contribution in [1.29, 1.82) is 0 Å². The number of ether oxygens (including phenoxy) is 2. The monoisotopic (exact) mass is 387 g/mol. The van der Waals surface area contributed by atoms with Crippen LogP contribution in [0.25, 0.3) is 0 Å². The highest BCUT2D eigenvalue weighted by Crippen LogP contribution is 2.26. The first-order valence-corrected chi connectivity index (χ1v) is 8.36. The van der Waals surface area contributed by atoms with Crippen LogP contribution in [0.4, 0.5) is 11.5 Å². The molecule has 0 radical (unpaired) electrons. The zero-order valence-electron chi connectivity index (χ0n) is 14.8. The van der Waals surface area contributed by atoms with Crippen LogP contribution in [0, 0.1) is 0 Å². The zero-order chi connectivity index (χ0) is 19.4. The summed E-state index contributed by atoms with van der Waals surface area (Å²) < 4.78 is 11.8. The van der Waals surface area contributed by atoms with Crippen molar-refractivity contribution in [3.05, 3.63) is 58.7 Å². The first-order chi connectivity index (χ1) is 13.0. The normalized spacial score (nSPS) is 10.5. The van der Waals surface area contributed by atoms with Crippen molar-refractivity contribution in [2.45, 2.75) is 6.54 Å². The van der Waals surface area contributed by atoms with Crippen LogP contribution < -0.4 is 20.5 Å². The van der Waals surface area contributed by atoms with E-state index in [0.29, 0.717) is 28.8 Å². The van der Waals surface area contributed by atoms with Gasteiger partial charge in [0.15, 0.2) is 11.5 Å². The molecule has 2 aromatic carbocycles. The number of nitrogens with two attached hydrogens (primary N) is 1. The fraction of sp³-hybridized carbons (Fsp3) is 0.167. The number of nitrogen functional groups attached to an aromatic ring is 1. The molecule has 1 aromatic heterocycles. The van der Waals surface area contributed by atoms with Gasteiger partial charge in [0.2, 0.25) is 0 Å². The van der Waals surface area contributed by atoms with Crippen molar-refractivity contribution >= 4 is 29.0 Å². The van der Waals surface area contributed by atoms with Crippen molar-refractivity contribution in [2.24, 2.45) is 0 Å². The summed E-state index contributed by atoms with van der Waals surface area (Å²) in [5, 5.41) is 11.1. The second kappa shape index (κ2) is 7.96. The van der Waals surface area contributed by atoms with Gasteiger partial charge in [-0.05, 0) is 11.6 Å². The van der Waals surface area contributed by atoms with Crippen LogP contribution in [0.15, 0.2) is 42.5 Å². The Bertz CT molecular complexity index is 951. The summed E-state index contributed by atoms with van der Waals surface area (Å²) in [5.74, 6) is 0.732. The highest BCUT2D eigenvalue weighted by molar-refractivity contribution is 6.31. The van der Waals surface area contributed by atoms with Gasteiger partial charge in [0, 0.05) is 28.9 Å². The van der Waals surface area contributed by atoms with E-state index in [0.717, 1.165) is 5.56 Å². The summed E-state index contributed by atoms with van der Waals surface area (Å²) in [6.45, 7) is 0.304. The highest BCUT2D eigenvalue weighted by atomic mass is 35.5. The standard InChI is InChI=1S/C18H18ClN5O3/c1-26-13-7-12(8-14(9-13)27-2)21-18(25)16-17(20)24(23-22-16)10-11-5-3-4-6-15(11)19/h3-9H,10,20H2,1-2H3,(H,21,25). The van der Waals surface area contributed by atoms with Crippen LogP contribution >= 0.6 is 11.6 Å². The maximum absolute atomic E-state index is 12.6. The number of halogens is 1. The van der Waals surface area contributed by atoms with E-state index in [1.165, 1.54) is 18.9 Å². The van der Waals surface area contributed by atoms with E-state index in [4.69, 9.17) is 26.8 Å². The molecule has 0 aliphatic heterocycles. The number of methoxy groups -OCH3 is 2. The number of benzene rings is 2. The van der Waals surface area contributed by atoms with Gasteiger partial charge in [-0.2, -0.15) is 0 Å². The molecule has 0 atom stereocenters. The van der Waals surface area contributed by atoms with Crippen LogP contribution in [0.5, 0.6) is 11.5 Å². The van der Waals surface area contributed by atoms with Crippen LogP contribution in [-0.4, -0.2) is 35.1 Å². The summed E-state index contributed by atoms with van der Waals surface area (Å²) in [7, 11) is 3.05. The quantitative estimate of drug-likeness (QED) is 0.674. The lowest BCUT2D eigenvalue weighted by atomic mass is 10.2. The van der Waals surface area contributed by atoms with E-state index in [1.807, 2.05) is 18.2 Å². The number of nitrogens with one attached hydrogen (secondary N) is 1. The fourth-order valence-electron chi connectivity index (χ4n) is 2.46. The molecular weight excluding hydrogens is 370 g/mol. The molecule has 1 heterocycles. The molecule has 0 fully saturated rings. The van der Waals surface area contributed by atoms with Gasteiger partial charge in [-0.1, -0.05) is 35.0 Å². The molecule has 0 aliphatic rings. The minimum absolute atomic E-state index is 0.0174. The average Bonchev–Trinajstić information content (AvgIpc) is 3.03. The molecule has 3 N–H and O–H groups in total. The Kier molecular flexibility index (Phi) is 5.46. The Labute approximate surface area is 160 Å². The number of carbonyl (C=O) groups excluding carboxylic acids is 1. The molecule has 9 heteroatoms. The molecule has 3 aromatic rings. The number of hydrogen-bond acceptors (Lipinski definition) is 6. The molecule has 8 nitrogen and oxygen atoms in total. The van der Waals surface area contributed by atoms with Gasteiger partial charge in [0.25, 0.3) is 5.91 Å². The van der Waals surface area contributed by atoms with E-state index in [-0.39, 0.29) is 11.5 Å². The molecule has 0 unspecified atom stereocenters. The number of rotatable bonds is 6. The average molecular weight is 388 g/mol. The summed E-state index contributed by atoms with van der Waals surface area (Å²) in [4.78, 5) is 12.6. The topological polar surface area (TPSA) is 104 Å². The summed E-state index contributed by atoms with van der Waals surface area (Å²) in [6.07, 6.45) is 0. The number of anilines is 2. The number of hydrogen-bond donors (Lipinski definition) is 2. The Morgan fingerprint density at radius 1 is 1.19 bits per heavy atom. The second-order valence-electron chi connectivity index (χ2n) is 5.63. The van der Waals surface area contributed by atoms with Gasteiger partial charge in [-0.15, -0.1) is 5.10 Å². The first-order valence-electron chi connectivity index (χ1n) is 7.98. The van der Waals surface area contributed by atoms with Gasteiger partial charge in [-0.25, -0.2) is 4.68 Å². The predicted octanol–water partition coefficient (Wildman–Crippen LogP) is 2.83. The third-order valence-electron chi connectivity index (χ3n) is 3.88. The molecule has 1 amide bonds. The second-order valence-corrected chi connectivity index (χ2v) is 6.04. The van der Waals surface area contributed by atoms with Gasteiger partial charge < -0.3 is 20.5 Å². The van der Waals surface area contributed by atoms with Crippen LogP contribution in [0.1, 0.15) is 16.1 Å². The molecule has 0 bridgehead atoms. The molecule has 0 spiro atoms. The third-order valence-corrected chi connectivity index (χ3v) is 4.24. The van der Waals surface area contributed by atoms with Gasteiger partial charge in [0.05, 0.1) is 20.8 Å². The van der Waals surface area contributed by atoms with Gasteiger partial charge in [-0.3, -0.25) is 4.79 Å². The Hall–Kier alpha value is -3.26. The Morgan fingerprint density at radius 3 is 2.48 bits per heavy atom. The number of aromatic nitrogens is 3. The molecule has 0 aliphatic carbocycles. The van der Waals surface area contributed by atoms with Gasteiger partial charge in [0.1, 0.15) is 11.5 Å². The molecule has 27 heavy (non-hydrogen) atoms. The van der Waals surface area contributed by atoms with Crippen molar-refractivity contribution in [2.75, 3.05) is 25.3 Å². The molecule has 140 valence electrons. The van der Waals surface area contributed by atoms with Crippen molar-refractivity contribution in [1.82, 2.24) is 15.0 Å². The summed E-state index contributed by atoms with van der Waals surface area (Å²) >= 11 is 6.15. The van der Waals surface area contributed by atoms with E-state index < -0.39 is 5.91 Å². The molecular formula is C18H18ClN5O3. The smallest absolute Gasteiger partial charge is 0.280 e. The van der Waals surface area contributed by atoms with E-state index >= 15 is 0 Å². The van der Waals surface area contributed by atoms with Gasteiger partial charge >= 0.3 is 0 Å². The van der Waals surface area contributed by atoms with Crippen LogP contribution in [0.2, 0.25) is 5.02 Å². The number of nitrogens with zero attached hydrogens (tertiary/aromatic N) is 3. The molecule has 0 saturated heterocycles. The van der Waals surface area contributed by atoms with E-state index in [1.54, 1.807) is 24.3 Å². The van der Waals surface area contributed by atoms with Crippen molar-refractivity contribution < 1.29 is 14.3 Å². The predicted molar refractivity (Wildman–Crippen MR) is 102 cm³/mol. The minimum Gasteiger partial charge on any atom is -0.497 e. The van der Waals surface area contributed by atoms with Crippen molar-refractivity contribution in [3.8, 4) is 11.5 Å². The SMILES string of the molecule is COc1cc(NC(=O)c2nnn(Cc3ccccc3Cl)c2N)cc(OC)c1. The van der Waals surface area contributed by atoms with E-state index in [9.17, 15) is 4.79 Å². The third kappa shape index (κ3) is 4.12. The molecule has 0 saturated carbocycles. The number of carbonyl (C=O) groups is 1. The lowest BCUT2D eigenvalue weighted by Gasteiger charge is -2.09. The van der Waals surface area contributed by atoms with Crippen molar-refractivity contribution in [3.63, 3.8) is 0 Å².